The van der Waals surface area contributed by atoms with Gasteiger partial charge in [-0.3, -0.25) is 0 Å². The Balaban J connectivity index is 3.03. The lowest BCUT2D eigenvalue weighted by atomic mass is 10.1. The second-order valence-corrected chi connectivity index (χ2v) is 3.04. The summed E-state index contributed by atoms with van der Waals surface area (Å²) in [6.07, 6.45) is 1.44. The third-order valence-electron chi connectivity index (χ3n) is 1.84. The molecule has 80 valence electrons. The van der Waals surface area contributed by atoms with Gasteiger partial charge in [0, 0.05) is 6.07 Å². The number of hydrogen-bond donors (Lipinski definition) is 2. The van der Waals surface area contributed by atoms with Crippen LogP contribution in [0.5, 0.6) is 11.5 Å². The molecule has 0 spiro atoms. The molecule has 0 heterocycles. The van der Waals surface area contributed by atoms with Gasteiger partial charge in [0.25, 0.3) is 0 Å². The van der Waals surface area contributed by atoms with E-state index in [2.05, 4.69) is 6.58 Å². The predicted octanol–water partition coefficient (Wildman–Crippen LogP) is 1.75. The average Bonchev–Trinajstić information content (AvgIpc) is 2.12. The second kappa shape index (κ2) is 4.50. The fourth-order valence-corrected chi connectivity index (χ4v) is 1.22. The fraction of sp³-hybridized carbons (Fsp3) is 0.182. The number of carbonyl (C=O) groups excluding carboxylic acids is 1. The second-order valence-electron chi connectivity index (χ2n) is 3.04. The normalized spacial score (nSPS) is 9.67. The molecule has 0 atom stereocenters. The van der Waals surface area contributed by atoms with Crippen LogP contribution < -0.4 is 0 Å². The summed E-state index contributed by atoms with van der Waals surface area (Å²) in [7, 11) is 0. The van der Waals surface area contributed by atoms with Crippen LogP contribution in [0, 0.1) is 6.92 Å². The number of rotatable bonds is 3. The number of phenols is 2. The van der Waals surface area contributed by atoms with E-state index < -0.39 is 5.97 Å². The summed E-state index contributed by atoms with van der Waals surface area (Å²) in [4.78, 5) is 11.4. The SMILES string of the molecule is C=CCOC(=O)c1c(C)cc(O)cc1O. The lowest BCUT2D eigenvalue weighted by molar-refractivity contribution is 0.0545. The minimum atomic E-state index is -0.634. The molecule has 0 aliphatic heterocycles. The number of phenolic OH excluding ortho intramolecular Hbond substituents is 2. The number of carbonyl (C=O) groups is 1. The van der Waals surface area contributed by atoms with Crippen LogP contribution in [0.1, 0.15) is 15.9 Å². The highest BCUT2D eigenvalue weighted by Gasteiger charge is 2.16. The highest BCUT2D eigenvalue weighted by molar-refractivity contribution is 5.94. The van der Waals surface area contributed by atoms with Crippen molar-refractivity contribution in [2.24, 2.45) is 0 Å². The molecule has 1 rings (SSSR count). The van der Waals surface area contributed by atoms with E-state index in [-0.39, 0.29) is 23.7 Å². The van der Waals surface area contributed by atoms with Crippen molar-refractivity contribution in [2.45, 2.75) is 6.92 Å². The Morgan fingerprint density at radius 2 is 2.20 bits per heavy atom. The molecule has 0 saturated heterocycles. The number of benzene rings is 1. The van der Waals surface area contributed by atoms with Crippen molar-refractivity contribution in [1.82, 2.24) is 0 Å². The van der Waals surface area contributed by atoms with Crippen LogP contribution in [-0.4, -0.2) is 22.8 Å². The van der Waals surface area contributed by atoms with Crippen molar-refractivity contribution in [2.75, 3.05) is 6.61 Å². The molecule has 0 amide bonds. The standard InChI is InChI=1S/C11H12O4/c1-3-4-15-11(14)10-7(2)5-8(12)6-9(10)13/h3,5-6,12-13H,1,4H2,2H3. The van der Waals surface area contributed by atoms with E-state index in [9.17, 15) is 9.90 Å². The largest absolute Gasteiger partial charge is 0.508 e. The molecule has 4 nitrogen and oxygen atoms in total. The van der Waals surface area contributed by atoms with E-state index in [1.165, 1.54) is 12.1 Å². The van der Waals surface area contributed by atoms with Gasteiger partial charge in [-0.25, -0.2) is 4.79 Å². The molecule has 0 unspecified atom stereocenters. The van der Waals surface area contributed by atoms with E-state index in [1.807, 2.05) is 0 Å². The molecular weight excluding hydrogens is 196 g/mol. The molecule has 1 aromatic rings. The molecule has 0 aromatic heterocycles. The van der Waals surface area contributed by atoms with Crippen molar-refractivity contribution < 1.29 is 19.7 Å². The van der Waals surface area contributed by atoms with Crippen LogP contribution in [-0.2, 0) is 4.74 Å². The molecule has 4 heteroatoms. The predicted molar refractivity (Wildman–Crippen MR) is 55.0 cm³/mol. The summed E-state index contributed by atoms with van der Waals surface area (Å²) >= 11 is 0. The first kappa shape index (κ1) is 11.1. The molecule has 2 N–H and O–H groups in total. The third-order valence-corrected chi connectivity index (χ3v) is 1.84. The summed E-state index contributed by atoms with van der Waals surface area (Å²) in [5.74, 6) is -1.02. The maximum Gasteiger partial charge on any atom is 0.342 e. The van der Waals surface area contributed by atoms with Crippen LogP contribution in [0.3, 0.4) is 0 Å². The van der Waals surface area contributed by atoms with Gasteiger partial charge in [-0.05, 0) is 18.6 Å². The molecule has 0 aliphatic rings. The lowest BCUT2D eigenvalue weighted by Crippen LogP contribution is -2.07. The first-order valence-electron chi connectivity index (χ1n) is 4.37. The molecule has 1 aromatic carbocycles. The minimum absolute atomic E-state index is 0.0645. The Bertz CT molecular complexity index is 373. The van der Waals surface area contributed by atoms with Crippen LogP contribution in [0.2, 0.25) is 0 Å². The van der Waals surface area contributed by atoms with Gasteiger partial charge in [-0.15, -0.1) is 0 Å². The number of hydrogen-bond acceptors (Lipinski definition) is 4. The maximum atomic E-state index is 11.4. The zero-order chi connectivity index (χ0) is 11.4. The van der Waals surface area contributed by atoms with Crippen LogP contribution in [0.25, 0.3) is 0 Å². The summed E-state index contributed by atoms with van der Waals surface area (Å²) < 4.78 is 4.78. The highest BCUT2D eigenvalue weighted by atomic mass is 16.5. The molecule has 0 saturated carbocycles. The topological polar surface area (TPSA) is 66.8 Å². The third kappa shape index (κ3) is 2.49. The number of aryl methyl sites for hydroxylation is 1. The van der Waals surface area contributed by atoms with Gasteiger partial charge in [0.1, 0.15) is 23.7 Å². The quantitative estimate of drug-likeness (QED) is 0.586. The Hall–Kier alpha value is -1.97. The number of esters is 1. The molecular formula is C11H12O4. The average molecular weight is 208 g/mol. The van der Waals surface area contributed by atoms with Crippen molar-refractivity contribution in [3.05, 3.63) is 35.9 Å². The first-order chi connectivity index (χ1) is 7.06. The Kier molecular flexibility index (Phi) is 3.33. The Morgan fingerprint density at radius 3 is 2.73 bits per heavy atom. The zero-order valence-corrected chi connectivity index (χ0v) is 8.36. The van der Waals surface area contributed by atoms with Gasteiger partial charge < -0.3 is 14.9 Å². The molecule has 0 bridgehead atoms. The van der Waals surface area contributed by atoms with Crippen LogP contribution in [0.15, 0.2) is 24.8 Å². The van der Waals surface area contributed by atoms with Crippen molar-refractivity contribution in [3.63, 3.8) is 0 Å². The Morgan fingerprint density at radius 1 is 1.53 bits per heavy atom. The fourth-order valence-electron chi connectivity index (χ4n) is 1.22. The van der Waals surface area contributed by atoms with Crippen LogP contribution >= 0.6 is 0 Å². The summed E-state index contributed by atoms with van der Waals surface area (Å²) in [6.45, 7) is 5.09. The number of aromatic hydroxyl groups is 2. The van der Waals surface area contributed by atoms with Gasteiger partial charge in [-0.1, -0.05) is 12.7 Å². The molecule has 15 heavy (non-hydrogen) atoms. The van der Waals surface area contributed by atoms with Gasteiger partial charge in [-0.2, -0.15) is 0 Å². The first-order valence-corrected chi connectivity index (χ1v) is 4.37. The van der Waals surface area contributed by atoms with Gasteiger partial charge >= 0.3 is 5.97 Å². The molecule has 0 radical (unpaired) electrons. The van der Waals surface area contributed by atoms with E-state index >= 15 is 0 Å². The van der Waals surface area contributed by atoms with E-state index in [1.54, 1.807) is 6.92 Å². The van der Waals surface area contributed by atoms with Gasteiger partial charge in [0.05, 0.1) is 0 Å². The van der Waals surface area contributed by atoms with Crippen molar-refractivity contribution >= 4 is 5.97 Å². The summed E-state index contributed by atoms with van der Waals surface area (Å²) in [5.41, 5.74) is 0.524. The summed E-state index contributed by atoms with van der Waals surface area (Å²) in [5, 5.41) is 18.6. The minimum Gasteiger partial charge on any atom is -0.508 e. The molecule has 0 fully saturated rings. The zero-order valence-electron chi connectivity index (χ0n) is 8.36. The Labute approximate surface area is 87.4 Å². The molecule has 0 aliphatic carbocycles. The van der Waals surface area contributed by atoms with Crippen LogP contribution in [0.4, 0.5) is 0 Å². The monoisotopic (exact) mass is 208 g/mol. The highest BCUT2D eigenvalue weighted by Crippen LogP contribution is 2.27. The summed E-state index contributed by atoms with van der Waals surface area (Å²) in [6, 6.07) is 2.47. The van der Waals surface area contributed by atoms with Gasteiger partial charge in [0.2, 0.25) is 0 Å². The van der Waals surface area contributed by atoms with E-state index in [0.29, 0.717) is 5.56 Å². The number of ether oxygens (including phenoxy) is 1. The smallest absolute Gasteiger partial charge is 0.342 e. The van der Waals surface area contributed by atoms with Crippen molar-refractivity contribution in [1.29, 1.82) is 0 Å². The lowest BCUT2D eigenvalue weighted by Gasteiger charge is -2.07. The van der Waals surface area contributed by atoms with E-state index in [0.717, 1.165) is 6.07 Å². The maximum absolute atomic E-state index is 11.4. The van der Waals surface area contributed by atoms with Gasteiger partial charge in [0.15, 0.2) is 0 Å². The van der Waals surface area contributed by atoms with E-state index in [4.69, 9.17) is 9.84 Å². The van der Waals surface area contributed by atoms with Crippen molar-refractivity contribution in [3.8, 4) is 11.5 Å².